The highest BCUT2D eigenvalue weighted by Gasteiger charge is 2.21. The molecule has 128 valence electrons. The summed E-state index contributed by atoms with van der Waals surface area (Å²) in [7, 11) is 0. The molecule has 0 saturated carbocycles. The first-order valence-corrected chi connectivity index (χ1v) is 8.86. The van der Waals surface area contributed by atoms with E-state index in [4.69, 9.17) is 0 Å². The van der Waals surface area contributed by atoms with E-state index in [2.05, 4.69) is 27.3 Å². The summed E-state index contributed by atoms with van der Waals surface area (Å²) < 4.78 is 0. The number of likely N-dealkylation sites (tertiary alicyclic amines) is 1. The third-order valence-corrected chi connectivity index (χ3v) is 4.83. The van der Waals surface area contributed by atoms with Crippen molar-refractivity contribution in [3.63, 3.8) is 0 Å². The average Bonchev–Trinajstić information content (AvgIpc) is 2.65. The lowest BCUT2D eigenvalue weighted by molar-refractivity contribution is 0.0891. The molecular formula is C20H27N3O. The molecule has 1 saturated heterocycles. The SMILES string of the molecule is O[C@H](CN1CCC(CNCc2ccncc2)CC1)c1ccccc1. The van der Waals surface area contributed by atoms with E-state index in [-0.39, 0.29) is 6.10 Å². The highest BCUT2D eigenvalue weighted by atomic mass is 16.3. The van der Waals surface area contributed by atoms with Crippen LogP contribution in [0.3, 0.4) is 0 Å². The maximum atomic E-state index is 10.3. The molecule has 1 aromatic carbocycles. The summed E-state index contributed by atoms with van der Waals surface area (Å²) in [5, 5.41) is 13.9. The second kappa shape index (κ2) is 8.92. The van der Waals surface area contributed by atoms with Gasteiger partial charge in [0.25, 0.3) is 0 Å². The van der Waals surface area contributed by atoms with Gasteiger partial charge in [-0.3, -0.25) is 4.98 Å². The lowest BCUT2D eigenvalue weighted by atomic mass is 9.96. The number of piperidine rings is 1. The van der Waals surface area contributed by atoms with Crippen LogP contribution in [0.25, 0.3) is 0 Å². The molecule has 2 heterocycles. The van der Waals surface area contributed by atoms with Crippen molar-refractivity contribution in [1.82, 2.24) is 15.2 Å². The number of hydrogen-bond donors (Lipinski definition) is 2. The third kappa shape index (κ3) is 5.13. The molecule has 1 aromatic heterocycles. The lowest BCUT2D eigenvalue weighted by Crippen LogP contribution is -2.39. The first-order valence-electron chi connectivity index (χ1n) is 8.86. The lowest BCUT2D eigenvalue weighted by Gasteiger charge is -2.33. The largest absolute Gasteiger partial charge is 0.387 e. The summed E-state index contributed by atoms with van der Waals surface area (Å²) in [6.07, 6.45) is 5.70. The van der Waals surface area contributed by atoms with Gasteiger partial charge in [0.2, 0.25) is 0 Å². The number of nitrogens with zero attached hydrogens (tertiary/aromatic N) is 2. The Balaban J connectivity index is 1.35. The van der Waals surface area contributed by atoms with Crippen LogP contribution in [0.2, 0.25) is 0 Å². The van der Waals surface area contributed by atoms with E-state index in [0.717, 1.165) is 44.2 Å². The molecule has 1 aliphatic heterocycles. The summed E-state index contributed by atoms with van der Waals surface area (Å²) in [6.45, 7) is 4.87. The summed E-state index contributed by atoms with van der Waals surface area (Å²) in [5.41, 5.74) is 2.30. The van der Waals surface area contributed by atoms with Crippen LogP contribution in [0.15, 0.2) is 54.9 Å². The van der Waals surface area contributed by atoms with Crippen molar-refractivity contribution >= 4 is 0 Å². The Morgan fingerprint density at radius 3 is 2.50 bits per heavy atom. The molecule has 0 unspecified atom stereocenters. The van der Waals surface area contributed by atoms with E-state index in [9.17, 15) is 5.11 Å². The van der Waals surface area contributed by atoms with Gasteiger partial charge in [-0.2, -0.15) is 0 Å². The monoisotopic (exact) mass is 325 g/mol. The molecule has 4 heteroatoms. The fourth-order valence-electron chi connectivity index (χ4n) is 3.32. The zero-order chi connectivity index (χ0) is 16.6. The number of hydrogen-bond acceptors (Lipinski definition) is 4. The highest BCUT2D eigenvalue weighted by Crippen LogP contribution is 2.20. The first kappa shape index (κ1) is 17.1. The minimum Gasteiger partial charge on any atom is -0.387 e. The quantitative estimate of drug-likeness (QED) is 0.821. The maximum absolute atomic E-state index is 10.3. The van der Waals surface area contributed by atoms with Crippen molar-refractivity contribution in [3.8, 4) is 0 Å². The number of nitrogens with one attached hydrogen (secondary N) is 1. The van der Waals surface area contributed by atoms with E-state index in [0.29, 0.717) is 0 Å². The van der Waals surface area contributed by atoms with Crippen molar-refractivity contribution < 1.29 is 5.11 Å². The highest BCUT2D eigenvalue weighted by molar-refractivity contribution is 5.17. The van der Waals surface area contributed by atoms with Crippen molar-refractivity contribution in [3.05, 3.63) is 66.0 Å². The van der Waals surface area contributed by atoms with Crippen molar-refractivity contribution in [1.29, 1.82) is 0 Å². The van der Waals surface area contributed by atoms with Gasteiger partial charge in [-0.1, -0.05) is 30.3 Å². The minimum atomic E-state index is -0.382. The number of β-amino-alcohol motifs (C(OH)–C–C–N with tert-alkyl or cyclic N) is 1. The second-order valence-corrected chi connectivity index (χ2v) is 6.66. The molecule has 0 spiro atoms. The molecule has 0 aliphatic carbocycles. The smallest absolute Gasteiger partial charge is 0.0916 e. The van der Waals surface area contributed by atoms with Crippen molar-refractivity contribution in [2.24, 2.45) is 5.92 Å². The van der Waals surface area contributed by atoms with Gasteiger partial charge >= 0.3 is 0 Å². The summed E-state index contributed by atoms with van der Waals surface area (Å²) in [6, 6.07) is 14.1. The molecule has 4 nitrogen and oxygen atoms in total. The molecule has 1 fully saturated rings. The van der Waals surface area contributed by atoms with Gasteiger partial charge < -0.3 is 15.3 Å². The fraction of sp³-hybridized carbons (Fsp3) is 0.450. The van der Waals surface area contributed by atoms with Crippen LogP contribution in [0.1, 0.15) is 30.1 Å². The standard InChI is InChI=1S/C20H27N3O/c24-20(19-4-2-1-3-5-19)16-23-12-8-18(9-13-23)15-22-14-17-6-10-21-11-7-17/h1-7,10-11,18,20,22,24H,8-9,12-16H2/t20-/m1/s1. The second-order valence-electron chi connectivity index (χ2n) is 6.66. The first-order chi connectivity index (χ1) is 11.8. The Kier molecular flexibility index (Phi) is 6.35. The molecule has 0 amide bonds. The Morgan fingerprint density at radius 2 is 1.79 bits per heavy atom. The predicted octanol–water partition coefficient (Wildman–Crippen LogP) is 2.62. The molecule has 3 rings (SSSR count). The molecule has 0 bridgehead atoms. The zero-order valence-corrected chi connectivity index (χ0v) is 14.1. The summed E-state index contributed by atoms with van der Waals surface area (Å²) in [5.74, 6) is 0.733. The molecular weight excluding hydrogens is 298 g/mol. The van der Waals surface area contributed by atoms with Gasteiger partial charge in [0.05, 0.1) is 6.10 Å². The molecule has 2 N–H and O–H groups in total. The number of pyridine rings is 1. The van der Waals surface area contributed by atoms with Crippen molar-refractivity contribution in [2.75, 3.05) is 26.2 Å². The van der Waals surface area contributed by atoms with Crippen LogP contribution >= 0.6 is 0 Å². The molecule has 2 aromatic rings. The van der Waals surface area contributed by atoms with Crippen LogP contribution in [-0.2, 0) is 6.54 Å². The van der Waals surface area contributed by atoms with E-state index < -0.39 is 0 Å². The van der Waals surface area contributed by atoms with Gasteiger partial charge in [0.1, 0.15) is 0 Å². The third-order valence-electron chi connectivity index (χ3n) is 4.83. The van der Waals surface area contributed by atoms with Crippen LogP contribution in [-0.4, -0.2) is 41.2 Å². The predicted molar refractivity (Wildman–Crippen MR) is 96.5 cm³/mol. The van der Waals surface area contributed by atoms with E-state index in [1.54, 1.807) is 0 Å². The van der Waals surface area contributed by atoms with Gasteiger partial charge in [-0.05, 0) is 61.7 Å². The topological polar surface area (TPSA) is 48.4 Å². The summed E-state index contributed by atoms with van der Waals surface area (Å²) >= 11 is 0. The summed E-state index contributed by atoms with van der Waals surface area (Å²) in [4.78, 5) is 6.43. The normalized spacial score (nSPS) is 17.7. The number of rotatable bonds is 7. The molecule has 24 heavy (non-hydrogen) atoms. The van der Waals surface area contributed by atoms with Crippen LogP contribution in [0.5, 0.6) is 0 Å². The van der Waals surface area contributed by atoms with Gasteiger partial charge in [-0.25, -0.2) is 0 Å². The minimum absolute atomic E-state index is 0.382. The van der Waals surface area contributed by atoms with E-state index >= 15 is 0 Å². The number of aliphatic hydroxyl groups excluding tert-OH is 1. The fourth-order valence-corrected chi connectivity index (χ4v) is 3.32. The number of benzene rings is 1. The van der Waals surface area contributed by atoms with Gasteiger partial charge in [-0.15, -0.1) is 0 Å². The number of aliphatic hydroxyl groups is 1. The van der Waals surface area contributed by atoms with Gasteiger partial charge in [0.15, 0.2) is 0 Å². The average molecular weight is 325 g/mol. The van der Waals surface area contributed by atoms with Crippen LogP contribution in [0.4, 0.5) is 0 Å². The maximum Gasteiger partial charge on any atom is 0.0916 e. The van der Waals surface area contributed by atoms with Gasteiger partial charge in [0, 0.05) is 25.5 Å². The molecule has 0 radical (unpaired) electrons. The Morgan fingerprint density at radius 1 is 1.08 bits per heavy atom. The van der Waals surface area contributed by atoms with E-state index in [1.165, 1.54) is 18.4 Å². The van der Waals surface area contributed by atoms with E-state index in [1.807, 2.05) is 42.7 Å². The Labute approximate surface area is 144 Å². The molecule has 1 atom stereocenters. The van der Waals surface area contributed by atoms with Crippen LogP contribution < -0.4 is 5.32 Å². The van der Waals surface area contributed by atoms with Crippen molar-refractivity contribution in [2.45, 2.75) is 25.5 Å². The Bertz CT molecular complexity index is 582. The zero-order valence-electron chi connectivity index (χ0n) is 14.1. The Hall–Kier alpha value is -1.75. The number of aromatic nitrogens is 1. The van der Waals surface area contributed by atoms with Crippen LogP contribution in [0, 0.1) is 5.92 Å². The molecule has 1 aliphatic rings.